The molecule has 2 aromatic rings. The van der Waals surface area contributed by atoms with Gasteiger partial charge in [0.05, 0.1) is 7.11 Å². The number of rotatable bonds is 6. The van der Waals surface area contributed by atoms with Gasteiger partial charge in [0, 0.05) is 11.3 Å². The van der Waals surface area contributed by atoms with Crippen molar-refractivity contribution in [3.05, 3.63) is 53.6 Å². The van der Waals surface area contributed by atoms with Gasteiger partial charge in [-0.1, -0.05) is 19.9 Å². The third-order valence-electron chi connectivity index (χ3n) is 3.69. The molecular formula is C18H21NO4S. The highest BCUT2D eigenvalue weighted by molar-refractivity contribution is 7.92. The molecule has 0 heterocycles. The van der Waals surface area contributed by atoms with Crippen LogP contribution in [0.15, 0.2) is 47.4 Å². The number of carbonyl (C=O) groups is 1. The molecule has 0 aliphatic carbocycles. The molecule has 0 spiro atoms. The molecule has 1 N–H and O–H groups in total. The zero-order valence-electron chi connectivity index (χ0n) is 14.2. The minimum absolute atomic E-state index is 0.0737. The predicted molar refractivity (Wildman–Crippen MR) is 94.3 cm³/mol. The number of nitrogens with one attached hydrogen (secondary N) is 1. The predicted octanol–water partition coefficient (Wildman–Crippen LogP) is 3.82. The van der Waals surface area contributed by atoms with Crippen LogP contribution >= 0.6 is 0 Å². The van der Waals surface area contributed by atoms with Crippen LogP contribution in [0.2, 0.25) is 0 Å². The number of anilines is 1. The van der Waals surface area contributed by atoms with Crippen molar-refractivity contribution < 1.29 is 17.9 Å². The molecule has 6 heteroatoms. The van der Waals surface area contributed by atoms with E-state index in [9.17, 15) is 13.2 Å². The quantitative estimate of drug-likeness (QED) is 0.806. The Bertz CT molecular complexity index is 840. The molecule has 0 saturated carbocycles. The first-order chi connectivity index (χ1) is 11.2. The standard InChI is InChI=1S/C18H21NO4S/c1-12(2)15-7-10-18(17(11-15)23-4)24(21,22)19-16-8-5-14(6-9-16)13(3)20/h5-12,19H,1-4H3. The van der Waals surface area contributed by atoms with E-state index in [2.05, 4.69) is 4.72 Å². The van der Waals surface area contributed by atoms with Gasteiger partial charge >= 0.3 is 0 Å². The molecule has 2 rings (SSSR count). The molecule has 5 nitrogen and oxygen atoms in total. The summed E-state index contributed by atoms with van der Waals surface area (Å²) < 4.78 is 33.0. The van der Waals surface area contributed by atoms with Crippen molar-refractivity contribution >= 4 is 21.5 Å². The molecule has 0 saturated heterocycles. The van der Waals surface area contributed by atoms with Gasteiger partial charge in [-0.15, -0.1) is 0 Å². The lowest BCUT2D eigenvalue weighted by Gasteiger charge is -2.14. The van der Waals surface area contributed by atoms with Crippen LogP contribution in [-0.2, 0) is 10.0 Å². The molecule has 128 valence electrons. The summed E-state index contributed by atoms with van der Waals surface area (Å²) >= 11 is 0. The average molecular weight is 347 g/mol. The summed E-state index contributed by atoms with van der Waals surface area (Å²) in [5.41, 5.74) is 1.91. The van der Waals surface area contributed by atoms with Gasteiger partial charge in [0.15, 0.2) is 5.78 Å². The molecule has 0 aliphatic rings. The van der Waals surface area contributed by atoms with Gasteiger partial charge in [0.2, 0.25) is 0 Å². The van der Waals surface area contributed by atoms with Gasteiger partial charge in [-0.25, -0.2) is 8.42 Å². The van der Waals surface area contributed by atoms with E-state index in [-0.39, 0.29) is 16.6 Å². The zero-order chi connectivity index (χ0) is 17.9. The number of sulfonamides is 1. The molecule has 0 aliphatic heterocycles. The molecule has 0 bridgehead atoms. The first-order valence-corrected chi connectivity index (χ1v) is 9.04. The summed E-state index contributed by atoms with van der Waals surface area (Å²) in [4.78, 5) is 11.4. The largest absolute Gasteiger partial charge is 0.495 e. The Balaban J connectivity index is 2.34. The number of carbonyl (C=O) groups excluding carboxylic acids is 1. The Morgan fingerprint density at radius 2 is 1.71 bits per heavy atom. The van der Waals surface area contributed by atoms with Crippen molar-refractivity contribution in [3.8, 4) is 5.75 Å². The third kappa shape index (κ3) is 3.94. The Kier molecular flexibility index (Phi) is 5.29. The van der Waals surface area contributed by atoms with E-state index in [0.29, 0.717) is 17.0 Å². The maximum absolute atomic E-state index is 12.6. The molecular weight excluding hydrogens is 326 g/mol. The van der Waals surface area contributed by atoms with Crippen molar-refractivity contribution in [2.45, 2.75) is 31.6 Å². The van der Waals surface area contributed by atoms with E-state index in [4.69, 9.17) is 4.74 Å². The highest BCUT2D eigenvalue weighted by Gasteiger charge is 2.20. The monoisotopic (exact) mass is 347 g/mol. The van der Waals surface area contributed by atoms with Crippen molar-refractivity contribution in [2.24, 2.45) is 0 Å². The van der Waals surface area contributed by atoms with Crippen molar-refractivity contribution in [1.29, 1.82) is 0 Å². The SMILES string of the molecule is COc1cc(C(C)C)ccc1S(=O)(=O)Nc1ccc(C(C)=O)cc1. The lowest BCUT2D eigenvalue weighted by molar-refractivity contribution is 0.101. The summed E-state index contributed by atoms with van der Waals surface area (Å²) in [5.74, 6) is 0.493. The van der Waals surface area contributed by atoms with Gasteiger partial charge in [-0.2, -0.15) is 0 Å². The fraction of sp³-hybridized carbons (Fsp3) is 0.278. The van der Waals surface area contributed by atoms with Gasteiger partial charge in [0.1, 0.15) is 10.6 Å². The van der Waals surface area contributed by atoms with Crippen molar-refractivity contribution in [2.75, 3.05) is 11.8 Å². The van der Waals surface area contributed by atoms with E-state index in [1.165, 1.54) is 14.0 Å². The van der Waals surface area contributed by atoms with E-state index in [1.807, 2.05) is 13.8 Å². The second kappa shape index (κ2) is 7.05. The Morgan fingerprint density at radius 3 is 2.21 bits per heavy atom. The fourth-order valence-electron chi connectivity index (χ4n) is 2.25. The lowest BCUT2D eigenvalue weighted by atomic mass is 10.0. The second-order valence-corrected chi connectivity index (χ2v) is 7.45. The number of methoxy groups -OCH3 is 1. The second-order valence-electron chi connectivity index (χ2n) is 5.80. The molecule has 0 fully saturated rings. The van der Waals surface area contributed by atoms with Gasteiger partial charge in [-0.3, -0.25) is 9.52 Å². The molecule has 0 atom stereocenters. The van der Waals surface area contributed by atoms with Crippen LogP contribution in [0.3, 0.4) is 0 Å². The zero-order valence-corrected chi connectivity index (χ0v) is 15.0. The molecule has 0 unspecified atom stereocenters. The fourth-order valence-corrected chi connectivity index (χ4v) is 3.46. The van der Waals surface area contributed by atoms with E-state index in [0.717, 1.165) is 5.56 Å². The first kappa shape index (κ1) is 18.0. The number of hydrogen-bond acceptors (Lipinski definition) is 4. The molecule has 0 radical (unpaired) electrons. The van der Waals surface area contributed by atoms with Crippen molar-refractivity contribution in [3.63, 3.8) is 0 Å². The Morgan fingerprint density at radius 1 is 1.08 bits per heavy atom. The summed E-state index contributed by atoms with van der Waals surface area (Å²) in [6, 6.07) is 11.3. The highest BCUT2D eigenvalue weighted by Crippen LogP contribution is 2.29. The summed E-state index contributed by atoms with van der Waals surface area (Å²) in [6.07, 6.45) is 0. The molecule has 2 aromatic carbocycles. The van der Waals surface area contributed by atoms with Crippen LogP contribution in [-0.4, -0.2) is 21.3 Å². The maximum atomic E-state index is 12.6. The maximum Gasteiger partial charge on any atom is 0.265 e. The van der Waals surface area contributed by atoms with Crippen LogP contribution in [0.25, 0.3) is 0 Å². The van der Waals surface area contributed by atoms with Crippen LogP contribution in [0.1, 0.15) is 42.6 Å². The highest BCUT2D eigenvalue weighted by atomic mass is 32.2. The first-order valence-electron chi connectivity index (χ1n) is 7.56. The summed E-state index contributed by atoms with van der Waals surface area (Å²) in [6.45, 7) is 5.51. The number of Topliss-reactive ketones (excluding diaryl/α,β-unsaturated/α-hetero) is 1. The van der Waals surface area contributed by atoms with Crippen LogP contribution in [0.4, 0.5) is 5.69 Å². The average Bonchev–Trinajstić information content (AvgIpc) is 2.54. The van der Waals surface area contributed by atoms with Crippen LogP contribution < -0.4 is 9.46 Å². The minimum Gasteiger partial charge on any atom is -0.495 e. The Labute approximate surface area is 142 Å². The topological polar surface area (TPSA) is 72.5 Å². The summed E-state index contributed by atoms with van der Waals surface area (Å²) in [5, 5.41) is 0. The minimum atomic E-state index is -3.79. The van der Waals surface area contributed by atoms with Gasteiger partial charge in [-0.05, 0) is 54.8 Å². The lowest BCUT2D eigenvalue weighted by Crippen LogP contribution is -2.14. The third-order valence-corrected chi connectivity index (χ3v) is 5.11. The normalized spacial score (nSPS) is 11.4. The molecule has 0 aromatic heterocycles. The van der Waals surface area contributed by atoms with Gasteiger partial charge in [0.25, 0.3) is 10.0 Å². The van der Waals surface area contributed by atoms with Gasteiger partial charge < -0.3 is 4.74 Å². The smallest absolute Gasteiger partial charge is 0.265 e. The van der Waals surface area contributed by atoms with Crippen molar-refractivity contribution in [1.82, 2.24) is 0 Å². The Hall–Kier alpha value is -2.34. The van der Waals surface area contributed by atoms with E-state index in [1.54, 1.807) is 42.5 Å². The van der Waals surface area contributed by atoms with E-state index < -0.39 is 10.0 Å². The number of benzene rings is 2. The van der Waals surface area contributed by atoms with Crippen LogP contribution in [0, 0.1) is 0 Å². The number of ether oxygens (including phenoxy) is 1. The number of ketones is 1. The van der Waals surface area contributed by atoms with Crippen LogP contribution in [0.5, 0.6) is 5.75 Å². The number of hydrogen-bond donors (Lipinski definition) is 1. The summed E-state index contributed by atoms with van der Waals surface area (Å²) in [7, 11) is -2.35. The molecule has 0 amide bonds. The van der Waals surface area contributed by atoms with E-state index >= 15 is 0 Å². The molecule has 24 heavy (non-hydrogen) atoms.